The highest BCUT2D eigenvalue weighted by Crippen LogP contribution is 2.31. The Balaban J connectivity index is 1.97. The molecule has 0 fully saturated rings. The lowest BCUT2D eigenvalue weighted by Gasteiger charge is -2.09. The second kappa shape index (κ2) is 5.37. The molecule has 2 aromatic carbocycles. The van der Waals surface area contributed by atoms with Crippen LogP contribution in [0.2, 0.25) is 0 Å². The van der Waals surface area contributed by atoms with Gasteiger partial charge < -0.3 is 9.47 Å². The molecule has 20 heavy (non-hydrogen) atoms. The maximum Gasteiger partial charge on any atom is 0.193 e. The smallest absolute Gasteiger partial charge is 0.193 e. The lowest BCUT2D eigenvalue weighted by atomic mass is 9.99. The summed E-state index contributed by atoms with van der Waals surface area (Å²) in [4.78, 5) is 12.5. The predicted molar refractivity (Wildman–Crippen MR) is 76.7 cm³/mol. The first-order valence-corrected chi connectivity index (χ1v) is 6.76. The molecular formula is C17H16O3. The number of benzene rings is 2. The minimum Gasteiger partial charge on any atom is -0.490 e. The van der Waals surface area contributed by atoms with Crippen LogP contribution in [0.3, 0.4) is 0 Å². The van der Waals surface area contributed by atoms with Crippen molar-refractivity contribution in [2.45, 2.75) is 13.3 Å². The van der Waals surface area contributed by atoms with Crippen LogP contribution in [0.1, 0.15) is 27.9 Å². The molecule has 0 saturated carbocycles. The third-order valence-electron chi connectivity index (χ3n) is 3.40. The molecule has 102 valence electrons. The molecule has 0 N–H and O–H groups in total. The summed E-state index contributed by atoms with van der Waals surface area (Å²) >= 11 is 0. The van der Waals surface area contributed by atoms with Crippen LogP contribution in [0.4, 0.5) is 0 Å². The molecule has 0 aliphatic carbocycles. The van der Waals surface area contributed by atoms with Crippen molar-refractivity contribution in [3.05, 3.63) is 59.2 Å². The van der Waals surface area contributed by atoms with Crippen molar-refractivity contribution in [1.29, 1.82) is 0 Å². The summed E-state index contributed by atoms with van der Waals surface area (Å²) in [5.74, 6) is 1.38. The summed E-state index contributed by atoms with van der Waals surface area (Å²) < 4.78 is 11.2. The van der Waals surface area contributed by atoms with Gasteiger partial charge >= 0.3 is 0 Å². The van der Waals surface area contributed by atoms with Crippen LogP contribution >= 0.6 is 0 Å². The Morgan fingerprint density at radius 3 is 2.55 bits per heavy atom. The number of carbonyl (C=O) groups excluding carboxylic acids is 1. The first-order chi connectivity index (χ1) is 9.75. The van der Waals surface area contributed by atoms with E-state index in [0.717, 1.165) is 17.5 Å². The fourth-order valence-corrected chi connectivity index (χ4v) is 2.29. The highest BCUT2D eigenvalue weighted by molar-refractivity contribution is 6.10. The summed E-state index contributed by atoms with van der Waals surface area (Å²) in [6.45, 7) is 3.21. The van der Waals surface area contributed by atoms with Gasteiger partial charge in [0.1, 0.15) is 0 Å². The van der Waals surface area contributed by atoms with E-state index in [1.807, 2.05) is 37.3 Å². The lowest BCUT2D eigenvalue weighted by Crippen LogP contribution is -2.04. The Labute approximate surface area is 118 Å². The summed E-state index contributed by atoms with van der Waals surface area (Å²) in [5, 5.41) is 0. The van der Waals surface area contributed by atoms with E-state index in [-0.39, 0.29) is 5.78 Å². The zero-order valence-corrected chi connectivity index (χ0v) is 11.4. The second-order valence-electron chi connectivity index (χ2n) is 4.86. The second-order valence-corrected chi connectivity index (χ2v) is 4.86. The van der Waals surface area contributed by atoms with E-state index < -0.39 is 0 Å². The van der Waals surface area contributed by atoms with Gasteiger partial charge in [-0.1, -0.05) is 24.3 Å². The molecule has 0 aromatic heterocycles. The number of rotatable bonds is 2. The molecule has 0 bridgehead atoms. The molecule has 1 heterocycles. The third-order valence-corrected chi connectivity index (χ3v) is 3.40. The molecule has 0 amide bonds. The van der Waals surface area contributed by atoms with E-state index >= 15 is 0 Å². The van der Waals surface area contributed by atoms with Crippen LogP contribution in [0.15, 0.2) is 42.5 Å². The van der Waals surface area contributed by atoms with Crippen LogP contribution < -0.4 is 9.47 Å². The zero-order chi connectivity index (χ0) is 13.9. The van der Waals surface area contributed by atoms with Crippen molar-refractivity contribution in [1.82, 2.24) is 0 Å². The molecule has 0 unspecified atom stereocenters. The highest BCUT2D eigenvalue weighted by atomic mass is 16.5. The monoisotopic (exact) mass is 268 g/mol. The summed E-state index contributed by atoms with van der Waals surface area (Å²) in [7, 11) is 0. The Morgan fingerprint density at radius 2 is 1.75 bits per heavy atom. The fourth-order valence-electron chi connectivity index (χ4n) is 2.29. The largest absolute Gasteiger partial charge is 0.490 e. The van der Waals surface area contributed by atoms with Crippen LogP contribution in [0.25, 0.3) is 0 Å². The van der Waals surface area contributed by atoms with Crippen LogP contribution in [0, 0.1) is 6.92 Å². The number of ketones is 1. The molecule has 1 aliphatic heterocycles. The Kier molecular flexibility index (Phi) is 3.42. The predicted octanol–water partition coefficient (Wildman–Crippen LogP) is 3.39. The standard InChI is InChI=1S/C17H16O3/c1-12-5-2-3-6-14(12)17(18)13-7-8-15-16(11-13)20-10-4-9-19-15/h2-3,5-8,11H,4,9-10H2,1H3. The first kappa shape index (κ1) is 12.7. The molecule has 3 rings (SSSR count). The molecule has 1 aliphatic rings. The Morgan fingerprint density at radius 1 is 1.00 bits per heavy atom. The maximum atomic E-state index is 12.5. The van der Waals surface area contributed by atoms with Crippen molar-refractivity contribution in [2.75, 3.05) is 13.2 Å². The van der Waals surface area contributed by atoms with Gasteiger partial charge in [-0.15, -0.1) is 0 Å². The van der Waals surface area contributed by atoms with Gasteiger partial charge in [0.15, 0.2) is 17.3 Å². The van der Waals surface area contributed by atoms with Gasteiger partial charge in [0, 0.05) is 17.5 Å². The number of fused-ring (bicyclic) bond motifs is 1. The van der Waals surface area contributed by atoms with Gasteiger partial charge in [-0.3, -0.25) is 4.79 Å². The van der Waals surface area contributed by atoms with Crippen molar-refractivity contribution >= 4 is 5.78 Å². The Bertz CT molecular complexity index is 646. The number of carbonyl (C=O) groups is 1. The van der Waals surface area contributed by atoms with Gasteiger partial charge in [-0.25, -0.2) is 0 Å². The highest BCUT2D eigenvalue weighted by Gasteiger charge is 2.16. The normalized spacial score (nSPS) is 13.7. The lowest BCUT2D eigenvalue weighted by molar-refractivity contribution is 0.103. The molecule has 0 atom stereocenters. The van der Waals surface area contributed by atoms with Crippen LogP contribution in [-0.2, 0) is 0 Å². The van der Waals surface area contributed by atoms with Gasteiger partial charge in [0.05, 0.1) is 13.2 Å². The average Bonchev–Trinajstić information content (AvgIpc) is 2.71. The average molecular weight is 268 g/mol. The summed E-state index contributed by atoms with van der Waals surface area (Å²) in [5.41, 5.74) is 2.33. The van der Waals surface area contributed by atoms with Gasteiger partial charge in [-0.05, 0) is 30.7 Å². The SMILES string of the molecule is Cc1ccccc1C(=O)c1ccc2c(c1)OCCCO2. The van der Waals surface area contributed by atoms with Gasteiger partial charge in [0.25, 0.3) is 0 Å². The fraction of sp³-hybridized carbons (Fsp3) is 0.235. The first-order valence-electron chi connectivity index (χ1n) is 6.76. The maximum absolute atomic E-state index is 12.5. The van der Waals surface area contributed by atoms with E-state index in [0.29, 0.717) is 30.3 Å². The van der Waals surface area contributed by atoms with Crippen molar-refractivity contribution in [2.24, 2.45) is 0 Å². The minimum atomic E-state index is 0.0127. The third kappa shape index (κ3) is 2.39. The van der Waals surface area contributed by atoms with Gasteiger partial charge in [-0.2, -0.15) is 0 Å². The summed E-state index contributed by atoms with van der Waals surface area (Å²) in [6, 6.07) is 13.0. The summed E-state index contributed by atoms with van der Waals surface area (Å²) in [6.07, 6.45) is 0.857. The quantitative estimate of drug-likeness (QED) is 0.783. The molecule has 3 heteroatoms. The number of ether oxygens (including phenoxy) is 2. The topological polar surface area (TPSA) is 35.5 Å². The molecule has 3 nitrogen and oxygen atoms in total. The molecular weight excluding hydrogens is 252 g/mol. The van der Waals surface area contributed by atoms with E-state index in [9.17, 15) is 4.79 Å². The number of aryl methyl sites for hydroxylation is 1. The van der Waals surface area contributed by atoms with Crippen molar-refractivity contribution in [3.8, 4) is 11.5 Å². The van der Waals surface area contributed by atoms with E-state index in [1.165, 1.54) is 0 Å². The molecule has 2 aromatic rings. The number of hydrogen-bond donors (Lipinski definition) is 0. The van der Waals surface area contributed by atoms with Crippen molar-refractivity contribution in [3.63, 3.8) is 0 Å². The molecule has 0 saturated heterocycles. The minimum absolute atomic E-state index is 0.0127. The molecule has 0 radical (unpaired) electrons. The van der Waals surface area contributed by atoms with Crippen LogP contribution in [0.5, 0.6) is 11.5 Å². The van der Waals surface area contributed by atoms with Gasteiger partial charge in [0.2, 0.25) is 0 Å². The Hall–Kier alpha value is -2.29. The molecule has 0 spiro atoms. The van der Waals surface area contributed by atoms with E-state index in [1.54, 1.807) is 12.1 Å². The van der Waals surface area contributed by atoms with E-state index in [2.05, 4.69) is 0 Å². The van der Waals surface area contributed by atoms with E-state index in [4.69, 9.17) is 9.47 Å². The number of hydrogen-bond acceptors (Lipinski definition) is 3. The van der Waals surface area contributed by atoms with Crippen LogP contribution in [-0.4, -0.2) is 19.0 Å². The van der Waals surface area contributed by atoms with Crippen molar-refractivity contribution < 1.29 is 14.3 Å². The zero-order valence-electron chi connectivity index (χ0n) is 11.4.